The minimum atomic E-state index is -0.105. The topological polar surface area (TPSA) is 82.8 Å². The SMILES string of the molecule is COCCOc1ccc(C(C)NC(=O)C[C@@H]2CCC[C@H]2N)cc1OC. The van der Waals surface area contributed by atoms with Gasteiger partial charge in [0.05, 0.1) is 19.8 Å². The molecule has 0 spiro atoms. The van der Waals surface area contributed by atoms with E-state index >= 15 is 0 Å². The summed E-state index contributed by atoms with van der Waals surface area (Å²) < 4.78 is 16.0. The molecule has 0 saturated heterocycles. The lowest BCUT2D eigenvalue weighted by Gasteiger charge is -2.19. The van der Waals surface area contributed by atoms with Crippen LogP contribution < -0.4 is 20.5 Å². The van der Waals surface area contributed by atoms with E-state index in [0.717, 1.165) is 24.8 Å². The molecule has 1 aromatic carbocycles. The lowest BCUT2D eigenvalue weighted by Crippen LogP contribution is -2.32. The van der Waals surface area contributed by atoms with Gasteiger partial charge in [-0.3, -0.25) is 4.79 Å². The molecule has 1 aromatic rings. The van der Waals surface area contributed by atoms with Crippen LogP contribution in [0.4, 0.5) is 0 Å². The Balaban J connectivity index is 1.93. The average Bonchev–Trinajstić information content (AvgIpc) is 2.99. The van der Waals surface area contributed by atoms with Crippen molar-refractivity contribution in [2.45, 2.75) is 44.7 Å². The third-order valence-electron chi connectivity index (χ3n) is 4.78. The van der Waals surface area contributed by atoms with E-state index in [1.807, 2.05) is 25.1 Å². The van der Waals surface area contributed by atoms with Crippen LogP contribution in [0.2, 0.25) is 0 Å². The van der Waals surface area contributed by atoms with E-state index in [2.05, 4.69) is 5.32 Å². The molecule has 1 fully saturated rings. The first-order valence-corrected chi connectivity index (χ1v) is 8.89. The van der Waals surface area contributed by atoms with E-state index in [0.29, 0.717) is 37.1 Å². The second kappa shape index (κ2) is 9.63. The van der Waals surface area contributed by atoms with Crippen LogP contribution in [0.3, 0.4) is 0 Å². The van der Waals surface area contributed by atoms with Crippen LogP contribution >= 0.6 is 0 Å². The van der Waals surface area contributed by atoms with Crippen LogP contribution in [0.5, 0.6) is 11.5 Å². The minimum absolute atomic E-state index is 0.0502. The van der Waals surface area contributed by atoms with E-state index in [1.165, 1.54) is 0 Å². The second-order valence-corrected chi connectivity index (χ2v) is 6.60. The first-order valence-electron chi connectivity index (χ1n) is 8.89. The summed E-state index contributed by atoms with van der Waals surface area (Å²) in [4.78, 5) is 12.3. The molecule has 0 heterocycles. The number of benzene rings is 1. The van der Waals surface area contributed by atoms with Crippen LogP contribution in [-0.2, 0) is 9.53 Å². The number of hydrogen-bond donors (Lipinski definition) is 2. The highest BCUT2D eigenvalue weighted by atomic mass is 16.5. The summed E-state index contributed by atoms with van der Waals surface area (Å²) >= 11 is 0. The Bertz CT molecular complexity index is 564. The molecule has 1 aliphatic carbocycles. The van der Waals surface area contributed by atoms with Crippen molar-refractivity contribution < 1.29 is 19.0 Å². The van der Waals surface area contributed by atoms with E-state index < -0.39 is 0 Å². The molecule has 3 N–H and O–H groups in total. The van der Waals surface area contributed by atoms with Gasteiger partial charge < -0.3 is 25.3 Å². The van der Waals surface area contributed by atoms with E-state index in [1.54, 1.807) is 14.2 Å². The van der Waals surface area contributed by atoms with Crippen LogP contribution in [0.15, 0.2) is 18.2 Å². The van der Waals surface area contributed by atoms with Crippen molar-refractivity contribution in [3.05, 3.63) is 23.8 Å². The van der Waals surface area contributed by atoms with Gasteiger partial charge in [-0.25, -0.2) is 0 Å². The van der Waals surface area contributed by atoms with Crippen molar-refractivity contribution in [2.75, 3.05) is 27.4 Å². The molecule has 2 rings (SSSR count). The largest absolute Gasteiger partial charge is 0.493 e. The van der Waals surface area contributed by atoms with Crippen LogP contribution in [0.1, 0.15) is 44.2 Å². The monoisotopic (exact) mass is 350 g/mol. The summed E-state index contributed by atoms with van der Waals surface area (Å²) in [5.74, 6) is 1.67. The number of methoxy groups -OCH3 is 2. The fourth-order valence-electron chi connectivity index (χ4n) is 3.25. The molecule has 0 radical (unpaired) electrons. The zero-order chi connectivity index (χ0) is 18.2. The Morgan fingerprint density at radius 1 is 1.28 bits per heavy atom. The highest BCUT2D eigenvalue weighted by Gasteiger charge is 2.26. The van der Waals surface area contributed by atoms with Crippen molar-refractivity contribution in [1.82, 2.24) is 5.32 Å². The summed E-state index contributed by atoms with van der Waals surface area (Å²) in [6.45, 7) is 2.94. The molecule has 0 aliphatic heterocycles. The van der Waals surface area contributed by atoms with Gasteiger partial charge in [0.25, 0.3) is 0 Å². The fraction of sp³-hybridized carbons (Fsp3) is 0.632. The molecule has 6 heteroatoms. The minimum Gasteiger partial charge on any atom is -0.493 e. The maximum absolute atomic E-state index is 12.3. The third-order valence-corrected chi connectivity index (χ3v) is 4.78. The molecular formula is C19H30N2O4. The number of carbonyl (C=O) groups is 1. The Hall–Kier alpha value is -1.79. The smallest absolute Gasteiger partial charge is 0.220 e. The fourth-order valence-corrected chi connectivity index (χ4v) is 3.25. The molecular weight excluding hydrogens is 320 g/mol. The third kappa shape index (κ3) is 5.61. The van der Waals surface area contributed by atoms with Gasteiger partial charge in [0, 0.05) is 19.6 Å². The van der Waals surface area contributed by atoms with Crippen LogP contribution in [0.25, 0.3) is 0 Å². The van der Waals surface area contributed by atoms with Gasteiger partial charge in [-0.1, -0.05) is 12.5 Å². The molecule has 0 aromatic heterocycles. The van der Waals surface area contributed by atoms with Gasteiger partial charge in [0.1, 0.15) is 6.61 Å². The summed E-state index contributed by atoms with van der Waals surface area (Å²) in [5, 5.41) is 3.06. The van der Waals surface area contributed by atoms with Gasteiger partial charge in [-0.15, -0.1) is 0 Å². The standard InChI is InChI=1S/C19H30N2O4/c1-13(21-19(22)12-15-5-4-6-16(15)20)14-7-8-17(18(11-14)24-3)25-10-9-23-2/h7-8,11,13,15-16H,4-6,9-10,12,20H2,1-3H3,(H,21,22)/t13?,15-,16+/m0/s1. The lowest BCUT2D eigenvalue weighted by molar-refractivity contribution is -0.122. The summed E-state index contributed by atoms with van der Waals surface area (Å²) in [5.41, 5.74) is 7.03. The van der Waals surface area contributed by atoms with Crippen molar-refractivity contribution in [1.29, 1.82) is 0 Å². The maximum Gasteiger partial charge on any atom is 0.220 e. The van der Waals surface area contributed by atoms with Crippen LogP contribution in [0, 0.1) is 5.92 Å². The second-order valence-electron chi connectivity index (χ2n) is 6.60. The van der Waals surface area contributed by atoms with Crippen molar-refractivity contribution in [3.8, 4) is 11.5 Å². The molecule has 0 bridgehead atoms. The predicted octanol–water partition coefficient (Wildman–Crippen LogP) is 2.42. The van der Waals surface area contributed by atoms with Gasteiger partial charge in [0.15, 0.2) is 11.5 Å². The van der Waals surface area contributed by atoms with Crippen molar-refractivity contribution in [3.63, 3.8) is 0 Å². The Labute approximate surface area is 150 Å². The molecule has 6 nitrogen and oxygen atoms in total. The van der Waals surface area contributed by atoms with Crippen LogP contribution in [-0.4, -0.2) is 39.4 Å². The van der Waals surface area contributed by atoms with E-state index in [-0.39, 0.29) is 18.0 Å². The zero-order valence-corrected chi connectivity index (χ0v) is 15.4. The first kappa shape index (κ1) is 19.5. The number of nitrogens with two attached hydrogens (primary N) is 1. The first-order chi connectivity index (χ1) is 12.0. The normalized spacial score (nSPS) is 21.0. The Morgan fingerprint density at radius 2 is 2.08 bits per heavy atom. The molecule has 140 valence electrons. The molecule has 1 amide bonds. The van der Waals surface area contributed by atoms with E-state index in [4.69, 9.17) is 19.9 Å². The Morgan fingerprint density at radius 3 is 2.72 bits per heavy atom. The highest BCUT2D eigenvalue weighted by Crippen LogP contribution is 2.31. The maximum atomic E-state index is 12.3. The molecule has 3 atom stereocenters. The number of nitrogens with one attached hydrogen (secondary N) is 1. The predicted molar refractivity (Wildman–Crippen MR) is 96.9 cm³/mol. The number of rotatable bonds is 9. The lowest BCUT2D eigenvalue weighted by atomic mass is 9.99. The average molecular weight is 350 g/mol. The molecule has 1 aliphatic rings. The number of carbonyl (C=O) groups excluding carboxylic acids is 1. The van der Waals surface area contributed by atoms with Crippen molar-refractivity contribution >= 4 is 5.91 Å². The zero-order valence-electron chi connectivity index (χ0n) is 15.4. The van der Waals surface area contributed by atoms with Gasteiger partial charge >= 0.3 is 0 Å². The molecule has 1 unspecified atom stereocenters. The quantitative estimate of drug-likeness (QED) is 0.668. The number of ether oxygens (including phenoxy) is 3. The van der Waals surface area contributed by atoms with Gasteiger partial charge in [-0.05, 0) is 43.4 Å². The van der Waals surface area contributed by atoms with Gasteiger partial charge in [0.2, 0.25) is 5.91 Å². The summed E-state index contributed by atoms with van der Waals surface area (Å²) in [6, 6.07) is 5.75. The Kier molecular flexibility index (Phi) is 7.52. The van der Waals surface area contributed by atoms with Gasteiger partial charge in [-0.2, -0.15) is 0 Å². The number of amides is 1. The van der Waals surface area contributed by atoms with E-state index in [9.17, 15) is 4.79 Å². The summed E-state index contributed by atoms with van der Waals surface area (Å²) in [6.07, 6.45) is 3.69. The molecule has 25 heavy (non-hydrogen) atoms. The van der Waals surface area contributed by atoms with Crippen molar-refractivity contribution in [2.24, 2.45) is 11.7 Å². The number of hydrogen-bond acceptors (Lipinski definition) is 5. The summed E-state index contributed by atoms with van der Waals surface area (Å²) in [7, 11) is 3.24. The highest BCUT2D eigenvalue weighted by molar-refractivity contribution is 5.76. The molecule has 1 saturated carbocycles.